The quantitative estimate of drug-likeness (QED) is 0.813. The molecule has 0 aromatic heterocycles. The van der Waals surface area contributed by atoms with Gasteiger partial charge in [0.1, 0.15) is 0 Å². The molecule has 20 heavy (non-hydrogen) atoms. The van der Waals surface area contributed by atoms with E-state index in [1.807, 2.05) is 0 Å². The monoisotopic (exact) mass is 318 g/mol. The summed E-state index contributed by atoms with van der Waals surface area (Å²) in [6, 6.07) is -0.465. The van der Waals surface area contributed by atoms with Gasteiger partial charge in [0.15, 0.2) is 0 Å². The lowest BCUT2D eigenvalue weighted by molar-refractivity contribution is -0.201. The van der Waals surface area contributed by atoms with Gasteiger partial charge in [0, 0.05) is 12.6 Å². The van der Waals surface area contributed by atoms with Gasteiger partial charge in [-0.3, -0.25) is 0 Å². The zero-order chi connectivity index (χ0) is 15.8. The Labute approximate surface area is 115 Å². The first-order chi connectivity index (χ1) is 8.92. The zero-order valence-electron chi connectivity index (χ0n) is 11.1. The molecule has 0 spiro atoms. The molecule has 0 saturated carbocycles. The number of aliphatic carboxylic acids is 1. The molecule has 1 aliphatic heterocycles. The molecule has 2 N–H and O–H groups in total. The smallest absolute Gasteiger partial charge is 0.418 e. The average Bonchev–Trinajstić information content (AvgIpc) is 2.26. The SMILES string of the molecule is CC1CCCCN1S(=O)(=O)NC(C)(C(=O)O)C(F)(F)F. The summed E-state index contributed by atoms with van der Waals surface area (Å²) in [4.78, 5) is 10.8. The lowest BCUT2D eigenvalue weighted by Gasteiger charge is -2.36. The third kappa shape index (κ3) is 3.23. The van der Waals surface area contributed by atoms with Gasteiger partial charge in [-0.1, -0.05) is 6.42 Å². The van der Waals surface area contributed by atoms with Crippen LogP contribution in [0, 0.1) is 0 Å². The van der Waals surface area contributed by atoms with Gasteiger partial charge in [0.05, 0.1) is 0 Å². The van der Waals surface area contributed by atoms with E-state index < -0.39 is 33.9 Å². The summed E-state index contributed by atoms with van der Waals surface area (Å²) in [6.45, 7) is 1.94. The maximum absolute atomic E-state index is 12.8. The van der Waals surface area contributed by atoms with E-state index in [0.717, 1.165) is 10.7 Å². The average molecular weight is 318 g/mol. The van der Waals surface area contributed by atoms with E-state index >= 15 is 0 Å². The lowest BCUT2D eigenvalue weighted by Crippen LogP contribution is -2.65. The Hall–Kier alpha value is -0.870. The minimum Gasteiger partial charge on any atom is -0.480 e. The van der Waals surface area contributed by atoms with Gasteiger partial charge >= 0.3 is 12.1 Å². The van der Waals surface area contributed by atoms with Crippen molar-refractivity contribution in [3.05, 3.63) is 0 Å². The molecule has 6 nitrogen and oxygen atoms in total. The van der Waals surface area contributed by atoms with Gasteiger partial charge in [-0.2, -0.15) is 30.6 Å². The fraction of sp³-hybridized carbons (Fsp3) is 0.900. The van der Waals surface area contributed by atoms with Crippen LogP contribution in [0.2, 0.25) is 0 Å². The summed E-state index contributed by atoms with van der Waals surface area (Å²) in [5, 5.41) is 8.73. The molecule has 1 rings (SSSR count). The number of nitrogens with zero attached hydrogens (tertiary/aromatic N) is 1. The highest BCUT2D eigenvalue weighted by Crippen LogP contribution is 2.32. The Bertz CT molecular complexity index is 479. The van der Waals surface area contributed by atoms with Crippen molar-refractivity contribution >= 4 is 16.2 Å². The Morgan fingerprint density at radius 2 is 1.90 bits per heavy atom. The topological polar surface area (TPSA) is 86.7 Å². The van der Waals surface area contributed by atoms with E-state index in [1.54, 1.807) is 6.92 Å². The van der Waals surface area contributed by atoms with Crippen molar-refractivity contribution in [1.82, 2.24) is 9.03 Å². The fourth-order valence-corrected chi connectivity index (χ4v) is 3.75. The summed E-state index contributed by atoms with van der Waals surface area (Å²) in [7, 11) is -4.54. The van der Waals surface area contributed by atoms with Crippen LogP contribution in [0.25, 0.3) is 0 Å². The van der Waals surface area contributed by atoms with Crippen LogP contribution < -0.4 is 4.72 Å². The van der Waals surface area contributed by atoms with Crippen LogP contribution in [-0.4, -0.2) is 48.1 Å². The third-order valence-electron chi connectivity index (χ3n) is 3.38. The molecule has 1 heterocycles. The van der Waals surface area contributed by atoms with Crippen molar-refractivity contribution in [2.45, 2.75) is 50.9 Å². The fourth-order valence-electron chi connectivity index (χ4n) is 1.97. The number of halogens is 3. The summed E-state index contributed by atoms with van der Waals surface area (Å²) < 4.78 is 64.7. The van der Waals surface area contributed by atoms with E-state index in [9.17, 15) is 26.4 Å². The molecule has 1 fully saturated rings. The predicted octanol–water partition coefficient (Wildman–Crippen LogP) is 1.10. The molecule has 0 bridgehead atoms. The molecule has 2 atom stereocenters. The number of hydrogen-bond donors (Lipinski definition) is 2. The maximum Gasteiger partial charge on any atom is 0.418 e. The molecule has 0 aromatic carbocycles. The molecule has 118 valence electrons. The van der Waals surface area contributed by atoms with Gasteiger partial charge in [-0.25, -0.2) is 4.79 Å². The number of rotatable bonds is 4. The van der Waals surface area contributed by atoms with E-state index in [2.05, 4.69) is 0 Å². The summed E-state index contributed by atoms with van der Waals surface area (Å²) in [6.07, 6.45) is -3.41. The minimum atomic E-state index is -5.25. The Kier molecular flexibility index (Phi) is 4.72. The van der Waals surface area contributed by atoms with Crippen LogP contribution in [0.4, 0.5) is 13.2 Å². The van der Waals surface area contributed by atoms with Gasteiger partial charge in [0.25, 0.3) is 10.2 Å². The number of hydrogen-bond acceptors (Lipinski definition) is 3. The molecule has 0 radical (unpaired) electrons. The van der Waals surface area contributed by atoms with Crippen molar-refractivity contribution in [2.75, 3.05) is 6.54 Å². The highest BCUT2D eigenvalue weighted by atomic mass is 32.2. The van der Waals surface area contributed by atoms with E-state index in [-0.39, 0.29) is 6.54 Å². The van der Waals surface area contributed by atoms with Crippen LogP contribution in [0.15, 0.2) is 0 Å². The first-order valence-electron chi connectivity index (χ1n) is 6.02. The van der Waals surface area contributed by atoms with Crippen molar-refractivity contribution in [3.63, 3.8) is 0 Å². The minimum absolute atomic E-state index is 0.0735. The number of carbonyl (C=O) groups is 1. The number of nitrogens with one attached hydrogen (secondary N) is 1. The van der Waals surface area contributed by atoms with Crippen molar-refractivity contribution in [1.29, 1.82) is 0 Å². The largest absolute Gasteiger partial charge is 0.480 e. The molecule has 1 aliphatic rings. The summed E-state index contributed by atoms with van der Waals surface area (Å²) >= 11 is 0. The normalized spacial score (nSPS) is 25.1. The molecule has 2 unspecified atom stereocenters. The second-order valence-corrected chi connectivity index (χ2v) is 6.61. The van der Waals surface area contributed by atoms with E-state index in [1.165, 1.54) is 4.72 Å². The molecule has 1 saturated heterocycles. The van der Waals surface area contributed by atoms with Crippen LogP contribution in [0.5, 0.6) is 0 Å². The van der Waals surface area contributed by atoms with Gasteiger partial charge < -0.3 is 5.11 Å². The highest BCUT2D eigenvalue weighted by Gasteiger charge is 2.60. The second-order valence-electron chi connectivity index (χ2n) is 4.99. The Morgan fingerprint density at radius 1 is 1.35 bits per heavy atom. The van der Waals surface area contributed by atoms with Crippen molar-refractivity contribution in [3.8, 4) is 0 Å². The van der Waals surface area contributed by atoms with E-state index in [0.29, 0.717) is 19.8 Å². The third-order valence-corrected chi connectivity index (χ3v) is 5.20. The van der Waals surface area contributed by atoms with Gasteiger partial charge in [-0.15, -0.1) is 0 Å². The molecule has 0 amide bonds. The molecule has 0 aromatic rings. The Morgan fingerprint density at radius 3 is 2.30 bits per heavy atom. The molecular weight excluding hydrogens is 301 g/mol. The molecule has 10 heteroatoms. The predicted molar refractivity (Wildman–Crippen MR) is 64.2 cm³/mol. The van der Waals surface area contributed by atoms with Gasteiger partial charge in [-0.05, 0) is 26.7 Å². The van der Waals surface area contributed by atoms with Crippen molar-refractivity contribution < 1.29 is 31.5 Å². The first kappa shape index (κ1) is 17.2. The molecular formula is C10H17F3N2O4S. The second kappa shape index (κ2) is 5.49. The van der Waals surface area contributed by atoms with Crippen LogP contribution in [0.1, 0.15) is 33.1 Å². The first-order valence-corrected chi connectivity index (χ1v) is 7.46. The van der Waals surface area contributed by atoms with Crippen molar-refractivity contribution in [2.24, 2.45) is 0 Å². The van der Waals surface area contributed by atoms with Crippen LogP contribution >= 0.6 is 0 Å². The van der Waals surface area contributed by atoms with Crippen LogP contribution in [-0.2, 0) is 15.0 Å². The number of alkyl halides is 3. The highest BCUT2D eigenvalue weighted by molar-refractivity contribution is 7.87. The lowest BCUT2D eigenvalue weighted by atomic mass is 10.0. The Balaban J connectivity index is 3.07. The van der Waals surface area contributed by atoms with Gasteiger partial charge in [0.2, 0.25) is 5.54 Å². The summed E-state index contributed by atoms with van der Waals surface area (Å²) in [5.74, 6) is -2.29. The van der Waals surface area contributed by atoms with E-state index in [4.69, 9.17) is 5.11 Å². The zero-order valence-corrected chi connectivity index (χ0v) is 11.9. The standard InChI is InChI=1S/C10H17F3N2O4S/c1-7-5-3-4-6-15(7)20(18,19)14-9(2,8(16)17)10(11,12)13/h7,14H,3-6H2,1-2H3,(H,16,17). The maximum atomic E-state index is 12.8. The number of carboxylic acid groups (broad SMARTS) is 1. The summed E-state index contributed by atoms with van der Waals surface area (Å²) in [5.41, 5.74) is -3.55. The number of carboxylic acids is 1. The van der Waals surface area contributed by atoms with Crippen LogP contribution in [0.3, 0.4) is 0 Å². The molecule has 0 aliphatic carbocycles. The number of piperidine rings is 1.